The maximum absolute atomic E-state index is 11.7. The highest BCUT2D eigenvalue weighted by Crippen LogP contribution is 2.15. The summed E-state index contributed by atoms with van der Waals surface area (Å²) in [5, 5.41) is 2.44. The molecule has 0 saturated carbocycles. The number of carbonyl (C=O) groups is 2. The van der Waals surface area contributed by atoms with Gasteiger partial charge in [0.05, 0.1) is 6.61 Å². The van der Waals surface area contributed by atoms with Gasteiger partial charge in [-0.3, -0.25) is 14.4 Å². The lowest BCUT2D eigenvalue weighted by molar-refractivity contribution is -0.130. The van der Waals surface area contributed by atoms with Crippen LogP contribution in [0.1, 0.15) is 6.92 Å². The second kappa shape index (κ2) is 8.11. The highest BCUT2D eigenvalue weighted by atomic mass is 79.9. The molecule has 0 aliphatic heterocycles. The van der Waals surface area contributed by atoms with E-state index in [1.807, 2.05) is 5.48 Å². The number of halogens is 1. The third-order valence-corrected chi connectivity index (χ3v) is 4.04. The van der Waals surface area contributed by atoms with Crippen molar-refractivity contribution in [2.45, 2.75) is 6.92 Å². The summed E-state index contributed by atoms with van der Waals surface area (Å²) in [5.41, 5.74) is 2.42. The van der Waals surface area contributed by atoms with Crippen LogP contribution in [0.25, 0.3) is 0 Å². The van der Waals surface area contributed by atoms with Crippen molar-refractivity contribution in [3.63, 3.8) is 0 Å². The number of hydrogen-bond donors (Lipinski definition) is 2. The minimum absolute atomic E-state index is 0.217. The number of carbonyl (C=O) groups excluding carboxylic acids is 2. The molecule has 0 fully saturated rings. The zero-order valence-corrected chi connectivity index (χ0v) is 13.7. The van der Waals surface area contributed by atoms with E-state index in [1.165, 1.54) is 0 Å². The average molecular weight is 379 g/mol. The molecule has 21 heavy (non-hydrogen) atoms. The van der Waals surface area contributed by atoms with Crippen LogP contribution in [0.2, 0.25) is 0 Å². The van der Waals surface area contributed by atoms with Crippen LogP contribution in [0.5, 0.6) is 0 Å². The van der Waals surface area contributed by atoms with E-state index in [2.05, 4.69) is 26.1 Å². The Balaban J connectivity index is 2.54. The summed E-state index contributed by atoms with van der Waals surface area (Å²) in [5.74, 6) is -3.11. The molecule has 1 aromatic carbocycles. The number of benzene rings is 1. The fourth-order valence-corrected chi connectivity index (χ4v) is 2.83. The van der Waals surface area contributed by atoms with E-state index in [-0.39, 0.29) is 6.61 Å². The average Bonchev–Trinajstić information content (AvgIpc) is 2.34. The molecule has 0 radical (unpaired) electrons. The molecule has 0 aliphatic carbocycles. The Kier molecular flexibility index (Phi) is 6.79. The Labute approximate surface area is 131 Å². The molecule has 0 spiro atoms. The predicted molar refractivity (Wildman–Crippen MR) is 81.2 cm³/mol. The molecule has 1 aromatic rings. The quantitative estimate of drug-likeness (QED) is 0.685. The number of amides is 2. The first-order chi connectivity index (χ1) is 9.82. The van der Waals surface area contributed by atoms with Crippen molar-refractivity contribution < 1.29 is 22.8 Å². The van der Waals surface area contributed by atoms with E-state index >= 15 is 0 Å². The highest BCUT2D eigenvalue weighted by Gasteiger charge is 2.21. The van der Waals surface area contributed by atoms with Crippen molar-refractivity contribution in [1.82, 2.24) is 5.48 Å². The maximum atomic E-state index is 11.7. The number of hydrogen-bond acceptors (Lipinski definition) is 5. The highest BCUT2D eigenvalue weighted by molar-refractivity contribution is 9.10. The van der Waals surface area contributed by atoms with Gasteiger partial charge in [-0.2, -0.15) is 0 Å². The van der Waals surface area contributed by atoms with Crippen LogP contribution >= 0.6 is 15.9 Å². The van der Waals surface area contributed by atoms with Gasteiger partial charge in [-0.1, -0.05) is 22.0 Å². The lowest BCUT2D eigenvalue weighted by Crippen LogP contribution is -2.34. The summed E-state index contributed by atoms with van der Waals surface area (Å²) in [6.07, 6.45) is 0. The fraction of sp³-hybridized carbons (Fsp3) is 0.333. The summed E-state index contributed by atoms with van der Waals surface area (Å²) < 4.78 is 24.1. The molecule has 0 saturated heterocycles. The Bertz CT molecular complexity index is 618. The molecule has 0 aliphatic rings. The maximum Gasteiger partial charge on any atom is 0.258 e. The summed E-state index contributed by atoms with van der Waals surface area (Å²) in [6, 6.07) is 6.72. The van der Waals surface area contributed by atoms with Gasteiger partial charge in [0.25, 0.3) is 5.91 Å². The zero-order valence-electron chi connectivity index (χ0n) is 11.3. The van der Waals surface area contributed by atoms with Crippen molar-refractivity contribution >= 4 is 43.3 Å². The monoisotopic (exact) mass is 378 g/mol. The van der Waals surface area contributed by atoms with Gasteiger partial charge in [0.1, 0.15) is 11.5 Å². The van der Waals surface area contributed by atoms with Crippen molar-refractivity contribution in [3.8, 4) is 0 Å². The first-order valence-corrected chi connectivity index (χ1v) is 8.60. The smallest absolute Gasteiger partial charge is 0.258 e. The van der Waals surface area contributed by atoms with E-state index < -0.39 is 33.2 Å². The first-order valence-electron chi connectivity index (χ1n) is 5.99. The van der Waals surface area contributed by atoms with Gasteiger partial charge in [-0.05, 0) is 25.1 Å². The lowest BCUT2D eigenvalue weighted by atomic mass is 10.3. The standard InChI is InChI=1S/C12H15BrN2O5S/c1-2-20-15-12(17)8-21(18,19)7-11(16)14-10-5-3-4-9(13)6-10/h3-6H,2,7-8H2,1H3,(H,14,16)(H,15,17). The topological polar surface area (TPSA) is 102 Å². The summed E-state index contributed by atoms with van der Waals surface area (Å²) in [6.45, 7) is 1.86. The van der Waals surface area contributed by atoms with Gasteiger partial charge in [-0.15, -0.1) is 0 Å². The molecule has 9 heteroatoms. The van der Waals surface area contributed by atoms with E-state index in [4.69, 9.17) is 0 Å². The Morgan fingerprint density at radius 2 is 1.90 bits per heavy atom. The Morgan fingerprint density at radius 1 is 1.24 bits per heavy atom. The largest absolute Gasteiger partial charge is 0.325 e. The van der Waals surface area contributed by atoms with E-state index in [1.54, 1.807) is 31.2 Å². The molecule has 1 rings (SSSR count). The normalized spacial score (nSPS) is 11.0. The van der Waals surface area contributed by atoms with E-state index in [9.17, 15) is 18.0 Å². The van der Waals surface area contributed by atoms with Crippen LogP contribution in [-0.4, -0.2) is 38.3 Å². The summed E-state index contributed by atoms with van der Waals surface area (Å²) >= 11 is 3.23. The minimum atomic E-state index is -3.86. The lowest BCUT2D eigenvalue weighted by Gasteiger charge is -2.07. The van der Waals surface area contributed by atoms with Crippen LogP contribution in [0.4, 0.5) is 5.69 Å². The van der Waals surface area contributed by atoms with Crippen LogP contribution in [0, 0.1) is 0 Å². The molecular formula is C12H15BrN2O5S. The third kappa shape index (κ3) is 7.21. The molecule has 2 N–H and O–H groups in total. The number of nitrogens with one attached hydrogen (secondary N) is 2. The van der Waals surface area contributed by atoms with Gasteiger partial charge >= 0.3 is 0 Å². The van der Waals surface area contributed by atoms with Crippen molar-refractivity contribution in [2.75, 3.05) is 23.4 Å². The van der Waals surface area contributed by atoms with E-state index in [0.29, 0.717) is 5.69 Å². The summed E-state index contributed by atoms with van der Waals surface area (Å²) in [4.78, 5) is 27.5. The van der Waals surface area contributed by atoms with Crippen LogP contribution < -0.4 is 10.8 Å². The van der Waals surface area contributed by atoms with Crippen molar-refractivity contribution in [1.29, 1.82) is 0 Å². The number of sulfone groups is 1. The Morgan fingerprint density at radius 3 is 2.52 bits per heavy atom. The van der Waals surface area contributed by atoms with Gasteiger partial charge in [0, 0.05) is 10.2 Å². The molecule has 0 aromatic heterocycles. The molecule has 116 valence electrons. The number of rotatable bonds is 7. The van der Waals surface area contributed by atoms with Crippen LogP contribution in [0.15, 0.2) is 28.7 Å². The van der Waals surface area contributed by atoms with Gasteiger partial charge in [-0.25, -0.2) is 13.9 Å². The number of hydroxylamine groups is 1. The molecule has 0 unspecified atom stereocenters. The second-order valence-electron chi connectivity index (χ2n) is 4.05. The molecular weight excluding hydrogens is 364 g/mol. The van der Waals surface area contributed by atoms with Crippen LogP contribution in [-0.2, 0) is 24.3 Å². The molecule has 0 bridgehead atoms. The van der Waals surface area contributed by atoms with E-state index in [0.717, 1.165) is 4.47 Å². The molecule has 2 amide bonds. The number of anilines is 1. The zero-order chi connectivity index (χ0) is 15.9. The molecule has 0 atom stereocenters. The van der Waals surface area contributed by atoms with Gasteiger partial charge < -0.3 is 5.32 Å². The molecule has 7 nitrogen and oxygen atoms in total. The Hall–Kier alpha value is -1.45. The van der Waals surface area contributed by atoms with Crippen molar-refractivity contribution in [3.05, 3.63) is 28.7 Å². The molecule has 0 heterocycles. The fourth-order valence-electron chi connectivity index (χ4n) is 1.40. The third-order valence-electron chi connectivity index (χ3n) is 2.14. The van der Waals surface area contributed by atoms with Crippen LogP contribution in [0.3, 0.4) is 0 Å². The predicted octanol–water partition coefficient (Wildman–Crippen LogP) is 0.870. The minimum Gasteiger partial charge on any atom is -0.325 e. The second-order valence-corrected chi connectivity index (χ2v) is 7.03. The van der Waals surface area contributed by atoms with Crippen molar-refractivity contribution in [2.24, 2.45) is 0 Å². The van der Waals surface area contributed by atoms with Gasteiger partial charge in [0.15, 0.2) is 9.84 Å². The first kappa shape index (κ1) is 17.6. The SMILES string of the molecule is CCONC(=O)CS(=O)(=O)CC(=O)Nc1cccc(Br)c1. The van der Waals surface area contributed by atoms with Gasteiger partial charge in [0.2, 0.25) is 5.91 Å². The summed E-state index contributed by atoms with van der Waals surface area (Å²) in [7, 11) is -3.86.